The number of nitrogens with one attached hydrogen (secondary N) is 2. The van der Waals surface area contributed by atoms with E-state index in [1.807, 2.05) is 0 Å². The normalized spacial score (nSPS) is 19.2. The smallest absolute Gasteiger partial charge is 0.191 e. The summed E-state index contributed by atoms with van der Waals surface area (Å²) in [5.74, 6) is 0.983. The number of benzene rings is 1. The van der Waals surface area contributed by atoms with Crippen LogP contribution in [-0.2, 0) is 13.0 Å². The molecule has 0 fully saturated rings. The van der Waals surface area contributed by atoms with Crippen molar-refractivity contribution in [3.05, 3.63) is 35.4 Å². The second-order valence-corrected chi connectivity index (χ2v) is 5.94. The summed E-state index contributed by atoms with van der Waals surface area (Å²) in [5.41, 5.74) is 3.02. The first-order chi connectivity index (χ1) is 10.4. The van der Waals surface area contributed by atoms with E-state index in [0.717, 1.165) is 45.1 Å². The molecule has 2 heterocycles. The van der Waals surface area contributed by atoms with E-state index < -0.39 is 0 Å². The van der Waals surface area contributed by atoms with E-state index in [4.69, 9.17) is 0 Å². The van der Waals surface area contributed by atoms with E-state index in [9.17, 15) is 0 Å². The zero-order chi connectivity index (χ0) is 14.5. The Balaban J connectivity index is 0.00000176. The molecule has 4 nitrogen and oxygen atoms in total. The fourth-order valence-corrected chi connectivity index (χ4v) is 3.23. The molecule has 1 aromatic carbocycles. The van der Waals surface area contributed by atoms with Crippen LogP contribution in [0.15, 0.2) is 29.3 Å². The van der Waals surface area contributed by atoms with Gasteiger partial charge in [-0.2, -0.15) is 0 Å². The average Bonchev–Trinajstić information content (AvgIpc) is 2.56. The quantitative estimate of drug-likeness (QED) is 0.744. The van der Waals surface area contributed by atoms with Gasteiger partial charge < -0.3 is 10.6 Å². The molecule has 3 rings (SSSR count). The summed E-state index contributed by atoms with van der Waals surface area (Å²) < 4.78 is 0. The third-order valence-electron chi connectivity index (χ3n) is 4.55. The Kier molecular flexibility index (Phi) is 6.95. The summed E-state index contributed by atoms with van der Waals surface area (Å²) in [6.07, 6.45) is 3.49. The molecule has 122 valence electrons. The van der Waals surface area contributed by atoms with Crippen LogP contribution >= 0.6 is 24.0 Å². The van der Waals surface area contributed by atoms with Crippen molar-refractivity contribution in [2.24, 2.45) is 4.99 Å². The van der Waals surface area contributed by atoms with Crippen molar-refractivity contribution in [2.75, 3.05) is 26.2 Å². The Labute approximate surface area is 150 Å². The standard InChI is InChI=1S/C17H26N4.HI/c1-2-16(12-20-17-18-9-5-10-19-17)21-11-8-14-6-3-4-7-15(14)13-21;/h3-4,6-7,16H,2,5,8-13H2,1H3,(H2,18,19,20);1H. The lowest BCUT2D eigenvalue weighted by atomic mass is 9.98. The molecular weight excluding hydrogens is 387 g/mol. The van der Waals surface area contributed by atoms with Crippen molar-refractivity contribution in [1.82, 2.24) is 15.5 Å². The van der Waals surface area contributed by atoms with E-state index in [0.29, 0.717) is 6.04 Å². The predicted molar refractivity (Wildman–Crippen MR) is 103 cm³/mol. The second kappa shape index (κ2) is 8.72. The molecule has 2 aliphatic rings. The average molecular weight is 414 g/mol. The number of hydrogen-bond donors (Lipinski definition) is 2. The van der Waals surface area contributed by atoms with Gasteiger partial charge in [0, 0.05) is 38.8 Å². The van der Waals surface area contributed by atoms with Gasteiger partial charge in [0.05, 0.1) is 0 Å². The maximum atomic E-state index is 4.49. The monoisotopic (exact) mass is 414 g/mol. The molecular formula is C17H27IN4. The minimum atomic E-state index is 0. The molecule has 0 aromatic heterocycles. The molecule has 0 radical (unpaired) electrons. The third-order valence-corrected chi connectivity index (χ3v) is 4.55. The van der Waals surface area contributed by atoms with Gasteiger partial charge in [-0.05, 0) is 30.4 Å². The molecule has 1 unspecified atom stereocenters. The Bertz CT molecular complexity index is 503. The maximum absolute atomic E-state index is 4.49. The number of fused-ring (bicyclic) bond motifs is 1. The van der Waals surface area contributed by atoms with Crippen LogP contribution in [0.3, 0.4) is 0 Å². The SMILES string of the molecule is CCC(CNC1=NCCCN1)N1CCc2ccccc2C1.I. The summed E-state index contributed by atoms with van der Waals surface area (Å²) in [5, 5.41) is 6.83. The van der Waals surface area contributed by atoms with Gasteiger partial charge in [-0.3, -0.25) is 9.89 Å². The van der Waals surface area contributed by atoms with Gasteiger partial charge in [-0.25, -0.2) is 0 Å². The Morgan fingerprint density at radius 2 is 2.14 bits per heavy atom. The van der Waals surface area contributed by atoms with Crippen molar-refractivity contribution < 1.29 is 0 Å². The summed E-state index contributed by atoms with van der Waals surface area (Å²) in [7, 11) is 0. The van der Waals surface area contributed by atoms with E-state index >= 15 is 0 Å². The first-order valence-corrected chi connectivity index (χ1v) is 8.20. The summed E-state index contributed by atoms with van der Waals surface area (Å²) in [6, 6.07) is 9.42. The zero-order valence-electron chi connectivity index (χ0n) is 13.3. The van der Waals surface area contributed by atoms with Crippen LogP contribution < -0.4 is 10.6 Å². The van der Waals surface area contributed by atoms with Crippen molar-refractivity contribution in [1.29, 1.82) is 0 Å². The summed E-state index contributed by atoms with van der Waals surface area (Å²) >= 11 is 0. The van der Waals surface area contributed by atoms with Crippen molar-refractivity contribution >= 4 is 29.9 Å². The number of nitrogens with zero attached hydrogens (tertiary/aromatic N) is 2. The fraction of sp³-hybridized carbons (Fsp3) is 0.588. The number of rotatable bonds is 4. The van der Waals surface area contributed by atoms with Crippen LogP contribution in [0.5, 0.6) is 0 Å². The molecule has 2 N–H and O–H groups in total. The Morgan fingerprint density at radius 1 is 1.32 bits per heavy atom. The van der Waals surface area contributed by atoms with E-state index in [-0.39, 0.29) is 24.0 Å². The molecule has 22 heavy (non-hydrogen) atoms. The van der Waals surface area contributed by atoms with Gasteiger partial charge in [0.25, 0.3) is 0 Å². The molecule has 1 aromatic rings. The number of hydrogen-bond acceptors (Lipinski definition) is 4. The van der Waals surface area contributed by atoms with Crippen molar-refractivity contribution in [3.8, 4) is 0 Å². The summed E-state index contributed by atoms with van der Waals surface area (Å²) in [4.78, 5) is 7.10. The van der Waals surface area contributed by atoms with Crippen molar-refractivity contribution in [3.63, 3.8) is 0 Å². The summed E-state index contributed by atoms with van der Waals surface area (Å²) in [6.45, 7) is 7.49. The fourth-order valence-electron chi connectivity index (χ4n) is 3.23. The lowest BCUT2D eigenvalue weighted by Gasteiger charge is -2.35. The highest BCUT2D eigenvalue weighted by molar-refractivity contribution is 14.0. The van der Waals surface area contributed by atoms with Crippen LogP contribution in [-0.4, -0.2) is 43.1 Å². The largest absolute Gasteiger partial charge is 0.356 e. The van der Waals surface area contributed by atoms with Crippen LogP contribution in [0.4, 0.5) is 0 Å². The molecule has 0 saturated carbocycles. The number of guanidine groups is 1. The first kappa shape index (κ1) is 17.5. The molecule has 0 spiro atoms. The zero-order valence-corrected chi connectivity index (χ0v) is 15.7. The Hall–Kier alpha value is -0.820. The predicted octanol–water partition coefficient (Wildman–Crippen LogP) is 2.38. The van der Waals surface area contributed by atoms with Crippen LogP contribution in [0.25, 0.3) is 0 Å². The molecule has 0 aliphatic carbocycles. The number of aliphatic imine (C=N–C) groups is 1. The third kappa shape index (κ3) is 4.35. The molecule has 5 heteroatoms. The topological polar surface area (TPSA) is 39.7 Å². The van der Waals surface area contributed by atoms with Crippen molar-refractivity contribution in [2.45, 2.75) is 38.8 Å². The maximum Gasteiger partial charge on any atom is 0.191 e. The van der Waals surface area contributed by atoms with E-state index in [1.54, 1.807) is 0 Å². The van der Waals surface area contributed by atoms with Gasteiger partial charge in [0.15, 0.2) is 5.96 Å². The van der Waals surface area contributed by atoms with Crippen LogP contribution in [0.1, 0.15) is 30.9 Å². The molecule has 2 aliphatic heterocycles. The number of halogens is 1. The lowest BCUT2D eigenvalue weighted by molar-refractivity contribution is 0.174. The van der Waals surface area contributed by atoms with Crippen LogP contribution in [0, 0.1) is 0 Å². The minimum Gasteiger partial charge on any atom is -0.356 e. The second-order valence-electron chi connectivity index (χ2n) is 5.94. The lowest BCUT2D eigenvalue weighted by Crippen LogP contribution is -2.49. The van der Waals surface area contributed by atoms with Gasteiger partial charge >= 0.3 is 0 Å². The highest BCUT2D eigenvalue weighted by atomic mass is 127. The molecule has 0 bridgehead atoms. The molecule has 0 saturated heterocycles. The van der Waals surface area contributed by atoms with Crippen LogP contribution in [0.2, 0.25) is 0 Å². The van der Waals surface area contributed by atoms with E-state index in [2.05, 4.69) is 51.7 Å². The first-order valence-electron chi connectivity index (χ1n) is 8.20. The molecule has 1 atom stereocenters. The minimum absolute atomic E-state index is 0. The highest BCUT2D eigenvalue weighted by Gasteiger charge is 2.22. The van der Waals surface area contributed by atoms with E-state index in [1.165, 1.54) is 24.0 Å². The van der Waals surface area contributed by atoms with Gasteiger partial charge in [-0.1, -0.05) is 31.2 Å². The Morgan fingerprint density at radius 3 is 2.86 bits per heavy atom. The molecule has 0 amide bonds. The highest BCUT2D eigenvalue weighted by Crippen LogP contribution is 2.21. The van der Waals surface area contributed by atoms with Gasteiger partial charge in [-0.15, -0.1) is 24.0 Å². The van der Waals surface area contributed by atoms with Gasteiger partial charge in [0.2, 0.25) is 0 Å². The van der Waals surface area contributed by atoms with Gasteiger partial charge in [0.1, 0.15) is 0 Å².